The van der Waals surface area contributed by atoms with E-state index in [0.29, 0.717) is 12.1 Å². The Morgan fingerprint density at radius 2 is 2.14 bits per heavy atom. The lowest BCUT2D eigenvalue weighted by atomic mass is 10.2. The molecule has 2 aromatic heterocycles. The van der Waals surface area contributed by atoms with Crippen molar-refractivity contribution in [2.24, 2.45) is 0 Å². The minimum atomic E-state index is -0.711. The van der Waals surface area contributed by atoms with Crippen molar-refractivity contribution in [3.63, 3.8) is 0 Å². The zero-order valence-corrected chi connectivity index (χ0v) is 12.9. The van der Waals surface area contributed by atoms with Crippen LogP contribution < -0.4 is 5.32 Å². The normalized spacial score (nSPS) is 12.5. The first-order valence-electron chi connectivity index (χ1n) is 7.08. The minimum absolute atomic E-state index is 0.131. The molecule has 0 fully saturated rings. The third-order valence-corrected chi connectivity index (χ3v) is 4.65. The second-order valence-corrected chi connectivity index (χ2v) is 6.04. The van der Waals surface area contributed by atoms with Gasteiger partial charge in [0.2, 0.25) is 0 Å². The number of aliphatic hydroxyl groups is 1. The van der Waals surface area contributed by atoms with E-state index < -0.39 is 11.9 Å². The molecule has 1 atom stereocenters. The summed E-state index contributed by atoms with van der Waals surface area (Å²) in [5.74, 6) is -0.319. The van der Waals surface area contributed by atoms with Crippen LogP contribution in [0.4, 0.5) is 10.2 Å². The van der Waals surface area contributed by atoms with Gasteiger partial charge in [-0.05, 0) is 23.9 Å². The summed E-state index contributed by atoms with van der Waals surface area (Å²) in [5, 5.41) is 14.2. The van der Waals surface area contributed by atoms with Crippen LogP contribution in [-0.2, 0) is 6.42 Å². The Bertz CT molecular complexity index is 757. The van der Waals surface area contributed by atoms with E-state index in [1.54, 1.807) is 0 Å². The molecule has 0 aliphatic carbocycles. The van der Waals surface area contributed by atoms with Crippen LogP contribution in [0.1, 0.15) is 23.6 Å². The quantitative estimate of drug-likeness (QED) is 0.756. The lowest BCUT2D eigenvalue weighted by molar-refractivity contribution is 0.195. The number of nitrogens with one attached hydrogen (secondary N) is 1. The second-order valence-electron chi connectivity index (χ2n) is 4.92. The summed E-state index contributed by atoms with van der Waals surface area (Å²) in [6.45, 7) is 2.03. The number of aliphatic hydroxyl groups excluding tert-OH is 1. The molecule has 6 heteroatoms. The Labute approximate surface area is 131 Å². The van der Waals surface area contributed by atoms with E-state index in [4.69, 9.17) is 0 Å². The number of benzene rings is 1. The van der Waals surface area contributed by atoms with Crippen molar-refractivity contribution in [2.45, 2.75) is 19.4 Å². The van der Waals surface area contributed by atoms with Crippen molar-refractivity contribution in [1.82, 2.24) is 9.97 Å². The highest BCUT2D eigenvalue weighted by atomic mass is 32.1. The van der Waals surface area contributed by atoms with Gasteiger partial charge in [0.15, 0.2) is 11.6 Å². The Morgan fingerprint density at radius 3 is 2.91 bits per heavy atom. The summed E-state index contributed by atoms with van der Waals surface area (Å²) < 4.78 is 15.1. The molecule has 0 saturated heterocycles. The maximum absolute atomic E-state index is 14.0. The number of hydrogen-bond acceptors (Lipinski definition) is 5. The SMILES string of the molecule is CCc1ncnc(NCC(O)c2cc3ccccc3s2)c1F. The van der Waals surface area contributed by atoms with E-state index in [1.165, 1.54) is 17.7 Å². The van der Waals surface area contributed by atoms with Gasteiger partial charge in [0.05, 0.1) is 5.69 Å². The summed E-state index contributed by atoms with van der Waals surface area (Å²) in [5.41, 5.74) is 0.369. The summed E-state index contributed by atoms with van der Waals surface area (Å²) >= 11 is 1.54. The van der Waals surface area contributed by atoms with Gasteiger partial charge in [0.1, 0.15) is 12.4 Å². The maximum Gasteiger partial charge on any atom is 0.186 e. The first-order chi connectivity index (χ1) is 10.7. The predicted molar refractivity (Wildman–Crippen MR) is 86.6 cm³/mol. The minimum Gasteiger partial charge on any atom is -0.386 e. The molecule has 1 aromatic carbocycles. The van der Waals surface area contributed by atoms with Gasteiger partial charge in [-0.1, -0.05) is 25.1 Å². The maximum atomic E-state index is 14.0. The lowest BCUT2D eigenvalue weighted by Crippen LogP contribution is -2.14. The third kappa shape index (κ3) is 2.93. The van der Waals surface area contributed by atoms with E-state index in [2.05, 4.69) is 15.3 Å². The highest BCUT2D eigenvalue weighted by molar-refractivity contribution is 7.19. The average Bonchev–Trinajstić information content (AvgIpc) is 2.98. The van der Waals surface area contributed by atoms with Gasteiger partial charge in [-0.15, -0.1) is 11.3 Å². The molecule has 3 aromatic rings. The Kier molecular flexibility index (Phi) is 4.31. The van der Waals surface area contributed by atoms with Gasteiger partial charge in [-0.2, -0.15) is 0 Å². The molecule has 0 spiro atoms. The molecular formula is C16H16FN3OS. The fraction of sp³-hybridized carbons (Fsp3) is 0.250. The Morgan fingerprint density at radius 1 is 1.32 bits per heavy atom. The molecule has 0 radical (unpaired) electrons. The number of aryl methyl sites for hydroxylation is 1. The molecule has 0 saturated carbocycles. The van der Waals surface area contributed by atoms with Crippen LogP contribution in [0.25, 0.3) is 10.1 Å². The van der Waals surface area contributed by atoms with Crippen LogP contribution >= 0.6 is 11.3 Å². The van der Waals surface area contributed by atoms with Crippen molar-refractivity contribution < 1.29 is 9.50 Å². The molecule has 0 bridgehead atoms. The molecule has 114 valence electrons. The number of aromatic nitrogens is 2. The van der Waals surface area contributed by atoms with Crippen molar-refractivity contribution in [2.75, 3.05) is 11.9 Å². The van der Waals surface area contributed by atoms with Crippen LogP contribution in [0, 0.1) is 5.82 Å². The number of anilines is 1. The zero-order valence-electron chi connectivity index (χ0n) is 12.1. The number of thiophene rings is 1. The molecule has 0 aliphatic rings. The molecule has 4 nitrogen and oxygen atoms in total. The monoisotopic (exact) mass is 317 g/mol. The Balaban J connectivity index is 1.73. The van der Waals surface area contributed by atoms with Crippen LogP contribution in [0.3, 0.4) is 0 Å². The third-order valence-electron chi connectivity index (χ3n) is 3.43. The summed E-state index contributed by atoms with van der Waals surface area (Å²) in [4.78, 5) is 8.62. The summed E-state index contributed by atoms with van der Waals surface area (Å²) in [6.07, 6.45) is 1.12. The van der Waals surface area contributed by atoms with Crippen LogP contribution in [0.15, 0.2) is 36.7 Å². The van der Waals surface area contributed by atoms with Crippen molar-refractivity contribution >= 4 is 27.2 Å². The zero-order chi connectivity index (χ0) is 15.5. The van der Waals surface area contributed by atoms with Crippen molar-refractivity contribution in [3.8, 4) is 0 Å². The van der Waals surface area contributed by atoms with E-state index in [1.807, 2.05) is 37.3 Å². The number of hydrogen-bond donors (Lipinski definition) is 2. The molecular weight excluding hydrogens is 301 g/mol. The standard InChI is InChI=1S/C16H16FN3OS/c1-2-11-15(17)16(20-9-19-11)18-8-12(21)14-7-10-5-3-4-6-13(10)22-14/h3-7,9,12,21H,2,8H2,1H3,(H,18,19,20). The molecule has 1 unspecified atom stereocenters. The Hall–Kier alpha value is -2.05. The van der Waals surface area contributed by atoms with Gasteiger partial charge in [-0.3, -0.25) is 0 Å². The van der Waals surface area contributed by atoms with Crippen LogP contribution in [0.5, 0.6) is 0 Å². The van der Waals surface area contributed by atoms with Crippen LogP contribution in [-0.4, -0.2) is 21.6 Å². The summed E-state index contributed by atoms with van der Waals surface area (Å²) in [7, 11) is 0. The molecule has 2 heterocycles. The van der Waals surface area contributed by atoms with E-state index in [-0.39, 0.29) is 12.4 Å². The lowest BCUT2D eigenvalue weighted by Gasteiger charge is -2.11. The van der Waals surface area contributed by atoms with E-state index >= 15 is 0 Å². The highest BCUT2D eigenvalue weighted by Crippen LogP contribution is 2.30. The number of halogens is 1. The molecule has 0 aliphatic heterocycles. The average molecular weight is 317 g/mol. The second kappa shape index (κ2) is 6.37. The number of nitrogens with zero attached hydrogens (tertiary/aromatic N) is 2. The van der Waals surface area contributed by atoms with E-state index in [9.17, 15) is 9.50 Å². The fourth-order valence-electron chi connectivity index (χ4n) is 2.24. The predicted octanol–water partition coefficient (Wildman–Crippen LogP) is 3.54. The van der Waals surface area contributed by atoms with Crippen molar-refractivity contribution in [1.29, 1.82) is 0 Å². The van der Waals surface area contributed by atoms with Crippen LogP contribution in [0.2, 0.25) is 0 Å². The number of fused-ring (bicyclic) bond motifs is 1. The fourth-order valence-corrected chi connectivity index (χ4v) is 3.29. The van der Waals surface area contributed by atoms with E-state index in [0.717, 1.165) is 15.0 Å². The van der Waals surface area contributed by atoms with Gasteiger partial charge in [0.25, 0.3) is 0 Å². The summed E-state index contributed by atoms with van der Waals surface area (Å²) in [6, 6.07) is 9.91. The van der Waals surface area contributed by atoms with Gasteiger partial charge < -0.3 is 10.4 Å². The topological polar surface area (TPSA) is 58.0 Å². The molecule has 0 amide bonds. The molecule has 22 heavy (non-hydrogen) atoms. The molecule has 3 rings (SSSR count). The number of rotatable bonds is 5. The van der Waals surface area contributed by atoms with Gasteiger partial charge >= 0.3 is 0 Å². The highest BCUT2D eigenvalue weighted by Gasteiger charge is 2.14. The van der Waals surface area contributed by atoms with Gasteiger partial charge in [0, 0.05) is 16.1 Å². The smallest absolute Gasteiger partial charge is 0.186 e. The largest absolute Gasteiger partial charge is 0.386 e. The molecule has 2 N–H and O–H groups in total. The first-order valence-corrected chi connectivity index (χ1v) is 7.90. The van der Waals surface area contributed by atoms with Crippen molar-refractivity contribution in [3.05, 3.63) is 53.0 Å². The van der Waals surface area contributed by atoms with Gasteiger partial charge in [-0.25, -0.2) is 14.4 Å². The first kappa shape index (κ1) is 14.9.